The van der Waals surface area contributed by atoms with Crippen molar-refractivity contribution in [3.63, 3.8) is 0 Å². The molecule has 0 radical (unpaired) electrons. The van der Waals surface area contributed by atoms with Crippen molar-refractivity contribution in [2.24, 2.45) is 0 Å². The van der Waals surface area contributed by atoms with E-state index in [1.54, 1.807) is 46.1 Å². The molecule has 0 amide bonds. The molecule has 0 unspecified atom stereocenters. The fourth-order valence-electron chi connectivity index (χ4n) is 2.97. The average Bonchev–Trinajstić information content (AvgIpc) is 2.90. The molecular weight excluding hydrogens is 436 g/mol. The lowest BCUT2D eigenvalue weighted by molar-refractivity contribution is 0.433. The molecule has 1 aromatic carbocycles. The molecule has 0 bridgehead atoms. The molecule has 4 rings (SSSR count). The van der Waals surface area contributed by atoms with Crippen LogP contribution in [0.4, 0.5) is 5.13 Å². The van der Waals surface area contributed by atoms with Gasteiger partial charge in [0.05, 0.1) is 4.90 Å². The summed E-state index contributed by atoms with van der Waals surface area (Å²) in [4.78, 5) is 12.4. The maximum Gasteiger partial charge on any atom is 0.243 e. The second kappa shape index (κ2) is 7.22. The summed E-state index contributed by atoms with van der Waals surface area (Å²) in [6.45, 7) is 2.36. The summed E-state index contributed by atoms with van der Waals surface area (Å²) >= 11 is 4.89. The van der Waals surface area contributed by atoms with Crippen LogP contribution in [-0.4, -0.2) is 48.9 Å². The summed E-state index contributed by atoms with van der Waals surface area (Å²) in [5.41, 5.74) is 0.885. The zero-order chi connectivity index (χ0) is 18.1. The molecule has 0 N–H and O–H groups in total. The summed E-state index contributed by atoms with van der Waals surface area (Å²) in [5, 5.41) is 0.904. The predicted molar refractivity (Wildman–Crippen MR) is 107 cm³/mol. The first-order valence-corrected chi connectivity index (χ1v) is 11.3. The molecule has 3 heterocycles. The number of fused-ring (bicyclic) bond motifs is 1. The summed E-state index contributed by atoms with van der Waals surface area (Å²) < 4.78 is 28.2. The second-order valence-electron chi connectivity index (χ2n) is 6.02. The van der Waals surface area contributed by atoms with Gasteiger partial charge in [-0.25, -0.2) is 18.4 Å². The minimum atomic E-state index is -3.48. The minimum Gasteiger partial charge on any atom is -0.347 e. The molecule has 0 atom stereocenters. The number of benzene rings is 1. The number of hydrogen-bond donors (Lipinski definition) is 0. The number of hydrogen-bond acceptors (Lipinski definition) is 6. The molecule has 1 aliphatic rings. The van der Waals surface area contributed by atoms with Gasteiger partial charge in [0.25, 0.3) is 0 Å². The fourth-order valence-corrected chi connectivity index (χ4v) is 5.67. The monoisotopic (exact) mass is 452 g/mol. The Morgan fingerprint density at radius 3 is 2.62 bits per heavy atom. The predicted octanol–water partition coefficient (Wildman–Crippen LogP) is 3.35. The van der Waals surface area contributed by atoms with Gasteiger partial charge in [-0.1, -0.05) is 27.3 Å². The Bertz CT molecular complexity index is 988. The zero-order valence-corrected chi connectivity index (χ0v) is 17.1. The van der Waals surface area contributed by atoms with Crippen molar-refractivity contribution < 1.29 is 8.42 Å². The summed E-state index contributed by atoms with van der Waals surface area (Å²) in [5.74, 6) is 0. The number of aromatic nitrogens is 2. The van der Waals surface area contributed by atoms with E-state index in [1.807, 2.05) is 12.1 Å². The van der Waals surface area contributed by atoms with Gasteiger partial charge in [0, 0.05) is 36.8 Å². The highest BCUT2D eigenvalue weighted by Crippen LogP contribution is 2.28. The van der Waals surface area contributed by atoms with E-state index in [4.69, 9.17) is 0 Å². The number of rotatable bonds is 3. The Hall–Kier alpha value is -1.55. The van der Waals surface area contributed by atoms with Gasteiger partial charge in [-0.3, -0.25) is 0 Å². The van der Waals surface area contributed by atoms with Crippen LogP contribution in [0.25, 0.3) is 10.3 Å². The molecule has 1 fully saturated rings. The van der Waals surface area contributed by atoms with Crippen molar-refractivity contribution in [2.75, 3.05) is 31.1 Å². The third-order valence-corrected chi connectivity index (χ3v) is 7.81. The van der Waals surface area contributed by atoms with E-state index in [0.29, 0.717) is 24.5 Å². The van der Waals surface area contributed by atoms with Crippen LogP contribution >= 0.6 is 27.3 Å². The van der Waals surface area contributed by atoms with Crippen molar-refractivity contribution in [1.82, 2.24) is 14.3 Å². The molecule has 26 heavy (non-hydrogen) atoms. The lowest BCUT2D eigenvalue weighted by Crippen LogP contribution is -2.35. The lowest BCUT2D eigenvalue weighted by Gasteiger charge is -2.21. The van der Waals surface area contributed by atoms with E-state index in [2.05, 4.69) is 30.8 Å². The highest BCUT2D eigenvalue weighted by atomic mass is 79.9. The van der Waals surface area contributed by atoms with Crippen LogP contribution in [0, 0.1) is 0 Å². The number of sulfonamides is 1. The average molecular weight is 453 g/mol. The summed E-state index contributed by atoms with van der Waals surface area (Å²) in [7, 11) is -3.48. The van der Waals surface area contributed by atoms with E-state index < -0.39 is 10.0 Å². The van der Waals surface area contributed by atoms with E-state index in [9.17, 15) is 8.42 Å². The highest BCUT2D eigenvalue weighted by Gasteiger charge is 2.27. The van der Waals surface area contributed by atoms with Gasteiger partial charge in [-0.2, -0.15) is 4.31 Å². The number of anilines is 1. The highest BCUT2D eigenvalue weighted by molar-refractivity contribution is 9.10. The van der Waals surface area contributed by atoms with Crippen LogP contribution in [0.2, 0.25) is 0 Å². The van der Waals surface area contributed by atoms with Crippen LogP contribution in [0.1, 0.15) is 6.42 Å². The molecule has 0 saturated carbocycles. The van der Waals surface area contributed by atoms with Gasteiger partial charge in [0.15, 0.2) is 5.13 Å². The maximum atomic E-state index is 12.9. The first kappa shape index (κ1) is 17.8. The van der Waals surface area contributed by atoms with Gasteiger partial charge in [0.1, 0.15) is 10.3 Å². The molecule has 6 nitrogen and oxygen atoms in total. The Labute approximate surface area is 164 Å². The Kier molecular flexibility index (Phi) is 4.96. The van der Waals surface area contributed by atoms with Crippen LogP contribution in [0.5, 0.6) is 0 Å². The summed E-state index contributed by atoms with van der Waals surface area (Å²) in [6.07, 6.45) is 2.53. The van der Waals surface area contributed by atoms with Gasteiger partial charge < -0.3 is 4.90 Å². The van der Waals surface area contributed by atoms with Crippen LogP contribution in [0.3, 0.4) is 0 Å². The molecule has 0 spiro atoms. The van der Waals surface area contributed by atoms with E-state index in [0.717, 1.165) is 32.9 Å². The lowest BCUT2D eigenvalue weighted by atomic mass is 10.4. The van der Waals surface area contributed by atoms with Crippen molar-refractivity contribution in [1.29, 1.82) is 0 Å². The van der Waals surface area contributed by atoms with Crippen molar-refractivity contribution in [3.05, 3.63) is 47.1 Å². The third kappa shape index (κ3) is 3.48. The number of halogens is 1. The quantitative estimate of drug-likeness (QED) is 0.609. The fraction of sp³-hybridized carbons (Fsp3) is 0.294. The minimum absolute atomic E-state index is 0.332. The van der Waals surface area contributed by atoms with Crippen LogP contribution in [0.15, 0.2) is 52.0 Å². The first-order valence-electron chi connectivity index (χ1n) is 8.26. The molecule has 3 aromatic rings. The number of pyridine rings is 1. The van der Waals surface area contributed by atoms with Crippen molar-refractivity contribution in [2.45, 2.75) is 11.3 Å². The van der Waals surface area contributed by atoms with Crippen molar-refractivity contribution >= 4 is 52.8 Å². The molecule has 1 saturated heterocycles. The normalized spacial score (nSPS) is 16.7. The number of nitrogens with zero attached hydrogens (tertiary/aromatic N) is 4. The standard InChI is InChI=1S/C17H17BrN4O2S2/c18-13-4-6-14(7-5-13)26(23,24)22-10-2-9-21(11-12-22)17-20-15-3-1-8-19-16(15)25-17/h1,3-8H,2,9-12H2. The zero-order valence-electron chi connectivity index (χ0n) is 13.9. The molecular formula is C17H17BrN4O2S2. The molecule has 0 aliphatic carbocycles. The van der Waals surface area contributed by atoms with Crippen LogP contribution < -0.4 is 4.90 Å². The molecule has 1 aliphatic heterocycles. The molecule has 2 aromatic heterocycles. The first-order chi connectivity index (χ1) is 12.5. The molecule has 136 valence electrons. The van der Waals surface area contributed by atoms with E-state index in [-0.39, 0.29) is 0 Å². The Morgan fingerprint density at radius 1 is 1.04 bits per heavy atom. The number of thiazole rings is 1. The largest absolute Gasteiger partial charge is 0.347 e. The Morgan fingerprint density at radius 2 is 1.85 bits per heavy atom. The Balaban J connectivity index is 1.53. The van der Waals surface area contributed by atoms with Gasteiger partial charge >= 0.3 is 0 Å². The van der Waals surface area contributed by atoms with Crippen LogP contribution in [-0.2, 0) is 10.0 Å². The van der Waals surface area contributed by atoms with Crippen molar-refractivity contribution in [3.8, 4) is 0 Å². The van der Waals surface area contributed by atoms with Gasteiger partial charge in [0.2, 0.25) is 10.0 Å². The SMILES string of the molecule is O=S(=O)(c1ccc(Br)cc1)N1CCCN(c2nc3cccnc3s2)CC1. The van der Waals surface area contributed by atoms with Gasteiger partial charge in [-0.15, -0.1) is 0 Å². The second-order valence-corrected chi connectivity index (χ2v) is 9.83. The molecule has 9 heteroatoms. The van der Waals surface area contributed by atoms with E-state index >= 15 is 0 Å². The maximum absolute atomic E-state index is 12.9. The third-order valence-electron chi connectivity index (χ3n) is 4.33. The smallest absolute Gasteiger partial charge is 0.243 e. The van der Waals surface area contributed by atoms with Gasteiger partial charge in [-0.05, 0) is 42.8 Å². The topological polar surface area (TPSA) is 66.4 Å². The van der Waals surface area contributed by atoms with E-state index in [1.165, 1.54) is 0 Å². The summed E-state index contributed by atoms with van der Waals surface area (Å²) in [6, 6.07) is 10.6.